The third-order valence-electron chi connectivity index (χ3n) is 3.67. The Labute approximate surface area is 130 Å². The van der Waals surface area contributed by atoms with Gasteiger partial charge in [-0.1, -0.05) is 17.7 Å². The topological polar surface area (TPSA) is 42.1 Å². The molecule has 0 spiro atoms. The zero-order valence-corrected chi connectivity index (χ0v) is 12.8. The Bertz CT molecular complexity index is 645. The van der Waals surface area contributed by atoms with Crippen LogP contribution in [0, 0.1) is 6.92 Å². The molecule has 3 rings (SSSR count). The molecule has 22 heavy (non-hydrogen) atoms. The normalized spacial score (nSPS) is 16.2. The average molecular weight is 297 g/mol. The Kier molecular flexibility index (Phi) is 4.11. The molecule has 1 atom stereocenters. The zero-order valence-electron chi connectivity index (χ0n) is 12.8. The first-order valence-corrected chi connectivity index (χ1v) is 7.32. The minimum Gasteiger partial charge on any atom is -0.491 e. The molecule has 4 nitrogen and oxygen atoms in total. The van der Waals surface area contributed by atoms with Crippen molar-refractivity contribution in [3.8, 4) is 5.75 Å². The van der Waals surface area contributed by atoms with Crippen molar-refractivity contribution in [2.75, 3.05) is 25.2 Å². The molecule has 1 aliphatic heterocycles. The van der Waals surface area contributed by atoms with E-state index >= 15 is 0 Å². The lowest BCUT2D eigenvalue weighted by Gasteiger charge is -2.18. The van der Waals surface area contributed by atoms with Crippen LogP contribution in [-0.4, -0.2) is 32.3 Å². The van der Waals surface area contributed by atoms with E-state index in [2.05, 4.69) is 0 Å². The quantitative estimate of drug-likeness (QED) is 0.797. The minimum absolute atomic E-state index is 0.0277. The van der Waals surface area contributed by atoms with Crippen LogP contribution in [0.5, 0.6) is 5.75 Å². The molecule has 0 aliphatic carbocycles. The smallest absolute Gasteiger partial charge is 0.258 e. The van der Waals surface area contributed by atoms with Crippen LogP contribution in [0.4, 0.5) is 5.69 Å². The number of rotatable bonds is 5. The Morgan fingerprint density at radius 1 is 1.18 bits per heavy atom. The van der Waals surface area contributed by atoms with E-state index in [1.165, 1.54) is 0 Å². The summed E-state index contributed by atoms with van der Waals surface area (Å²) < 4.78 is 10.7. The van der Waals surface area contributed by atoms with Gasteiger partial charge in [-0.3, -0.25) is 4.79 Å². The highest BCUT2D eigenvalue weighted by atomic mass is 16.6. The predicted molar refractivity (Wildman–Crippen MR) is 85.6 cm³/mol. The van der Waals surface area contributed by atoms with Gasteiger partial charge < -0.3 is 14.4 Å². The van der Waals surface area contributed by atoms with Gasteiger partial charge in [-0.15, -0.1) is 0 Å². The minimum atomic E-state index is -0.0277. The second-order valence-corrected chi connectivity index (χ2v) is 5.49. The molecule has 0 aromatic heterocycles. The average Bonchev–Trinajstić information content (AvgIpc) is 3.37. The fourth-order valence-electron chi connectivity index (χ4n) is 2.13. The molecular weight excluding hydrogens is 278 g/mol. The van der Waals surface area contributed by atoms with E-state index in [1.807, 2.05) is 55.5 Å². The molecule has 114 valence electrons. The third kappa shape index (κ3) is 3.46. The third-order valence-corrected chi connectivity index (χ3v) is 3.67. The van der Waals surface area contributed by atoms with Crippen molar-refractivity contribution in [3.63, 3.8) is 0 Å². The van der Waals surface area contributed by atoms with Crippen LogP contribution < -0.4 is 9.64 Å². The van der Waals surface area contributed by atoms with E-state index in [0.717, 1.165) is 23.6 Å². The number of nitrogens with zero attached hydrogens (tertiary/aromatic N) is 1. The molecule has 1 heterocycles. The van der Waals surface area contributed by atoms with Gasteiger partial charge in [0.25, 0.3) is 5.91 Å². The summed E-state index contributed by atoms with van der Waals surface area (Å²) in [5.41, 5.74) is 2.65. The first-order valence-electron chi connectivity index (χ1n) is 7.32. The molecule has 4 heteroatoms. The van der Waals surface area contributed by atoms with E-state index in [9.17, 15) is 4.79 Å². The van der Waals surface area contributed by atoms with Crippen molar-refractivity contribution >= 4 is 11.6 Å². The number of carbonyl (C=O) groups excluding carboxylic acids is 1. The fraction of sp³-hybridized carbons (Fsp3) is 0.278. The zero-order chi connectivity index (χ0) is 15.5. The molecule has 2 aromatic rings. The number of amides is 1. The molecule has 0 saturated carbocycles. The first-order chi connectivity index (χ1) is 10.6. The Balaban J connectivity index is 1.66. The number of anilines is 1. The van der Waals surface area contributed by atoms with Gasteiger partial charge in [-0.2, -0.15) is 0 Å². The molecule has 1 fully saturated rings. The van der Waals surface area contributed by atoms with Gasteiger partial charge in [0.05, 0.1) is 6.61 Å². The molecule has 1 unspecified atom stereocenters. The van der Waals surface area contributed by atoms with Crippen molar-refractivity contribution in [3.05, 3.63) is 59.7 Å². The van der Waals surface area contributed by atoms with E-state index in [4.69, 9.17) is 9.47 Å². The largest absolute Gasteiger partial charge is 0.491 e. The molecule has 0 bridgehead atoms. The number of epoxide rings is 1. The number of hydrogen-bond acceptors (Lipinski definition) is 3. The van der Waals surface area contributed by atoms with Gasteiger partial charge in [0.1, 0.15) is 18.5 Å². The number of benzene rings is 2. The number of ether oxygens (including phenoxy) is 2. The van der Waals surface area contributed by atoms with Crippen LogP contribution in [0.25, 0.3) is 0 Å². The molecular formula is C18H19NO3. The maximum atomic E-state index is 12.4. The first kappa shape index (κ1) is 14.6. The van der Waals surface area contributed by atoms with Crippen LogP contribution >= 0.6 is 0 Å². The van der Waals surface area contributed by atoms with E-state index in [1.54, 1.807) is 11.9 Å². The van der Waals surface area contributed by atoms with Crippen LogP contribution in [0.1, 0.15) is 15.9 Å². The highest BCUT2D eigenvalue weighted by Gasteiger charge is 2.23. The second-order valence-electron chi connectivity index (χ2n) is 5.49. The summed E-state index contributed by atoms with van der Waals surface area (Å²) in [6.45, 7) is 3.37. The van der Waals surface area contributed by atoms with E-state index in [-0.39, 0.29) is 12.0 Å². The Hall–Kier alpha value is -2.33. The van der Waals surface area contributed by atoms with Crippen LogP contribution in [0.15, 0.2) is 48.5 Å². The summed E-state index contributed by atoms with van der Waals surface area (Å²) in [5, 5.41) is 0. The van der Waals surface area contributed by atoms with Crippen LogP contribution in [0.2, 0.25) is 0 Å². The summed E-state index contributed by atoms with van der Waals surface area (Å²) in [6.07, 6.45) is 0.241. The second kappa shape index (κ2) is 6.20. The van der Waals surface area contributed by atoms with Gasteiger partial charge in [-0.05, 0) is 43.3 Å². The van der Waals surface area contributed by atoms with Crippen molar-refractivity contribution in [1.82, 2.24) is 0 Å². The standard InChI is InChI=1S/C18H19NO3/c1-13-3-5-14(6-4-13)18(20)19(2)15-7-9-16(10-8-15)21-11-17-12-22-17/h3-10,17H,11-12H2,1-2H3. The number of aryl methyl sites for hydroxylation is 1. The summed E-state index contributed by atoms with van der Waals surface area (Å²) in [7, 11) is 1.77. The summed E-state index contributed by atoms with van der Waals surface area (Å²) in [4.78, 5) is 14.1. The number of hydrogen-bond donors (Lipinski definition) is 0. The molecule has 0 N–H and O–H groups in total. The summed E-state index contributed by atoms with van der Waals surface area (Å²) in [6, 6.07) is 15.1. The maximum Gasteiger partial charge on any atom is 0.258 e. The van der Waals surface area contributed by atoms with Crippen molar-refractivity contribution in [2.24, 2.45) is 0 Å². The van der Waals surface area contributed by atoms with Gasteiger partial charge in [0, 0.05) is 18.3 Å². The van der Waals surface area contributed by atoms with Crippen molar-refractivity contribution in [1.29, 1.82) is 0 Å². The van der Waals surface area contributed by atoms with Crippen LogP contribution in [-0.2, 0) is 4.74 Å². The van der Waals surface area contributed by atoms with Gasteiger partial charge in [0.15, 0.2) is 0 Å². The molecule has 1 saturated heterocycles. The van der Waals surface area contributed by atoms with Crippen molar-refractivity contribution in [2.45, 2.75) is 13.0 Å². The fourth-order valence-corrected chi connectivity index (χ4v) is 2.13. The van der Waals surface area contributed by atoms with Crippen LogP contribution in [0.3, 0.4) is 0 Å². The maximum absolute atomic E-state index is 12.4. The lowest BCUT2D eigenvalue weighted by Crippen LogP contribution is -2.26. The van der Waals surface area contributed by atoms with E-state index in [0.29, 0.717) is 12.2 Å². The molecule has 0 radical (unpaired) electrons. The monoisotopic (exact) mass is 297 g/mol. The van der Waals surface area contributed by atoms with Gasteiger partial charge in [0.2, 0.25) is 0 Å². The number of carbonyl (C=O) groups is 1. The predicted octanol–water partition coefficient (Wildman–Crippen LogP) is 3.05. The summed E-state index contributed by atoms with van der Waals surface area (Å²) >= 11 is 0. The molecule has 1 aliphatic rings. The van der Waals surface area contributed by atoms with Crippen molar-refractivity contribution < 1.29 is 14.3 Å². The van der Waals surface area contributed by atoms with Gasteiger partial charge >= 0.3 is 0 Å². The highest BCUT2D eigenvalue weighted by Crippen LogP contribution is 2.21. The SMILES string of the molecule is Cc1ccc(C(=O)N(C)c2ccc(OCC3CO3)cc2)cc1. The Morgan fingerprint density at radius 3 is 2.41 bits per heavy atom. The Morgan fingerprint density at radius 2 is 1.82 bits per heavy atom. The molecule has 2 aromatic carbocycles. The lowest BCUT2D eigenvalue weighted by atomic mass is 10.1. The lowest BCUT2D eigenvalue weighted by molar-refractivity contribution is 0.0993. The van der Waals surface area contributed by atoms with Gasteiger partial charge in [-0.25, -0.2) is 0 Å². The highest BCUT2D eigenvalue weighted by molar-refractivity contribution is 6.05. The molecule has 1 amide bonds. The summed E-state index contributed by atoms with van der Waals surface area (Å²) in [5.74, 6) is 0.760. The van der Waals surface area contributed by atoms with E-state index < -0.39 is 0 Å².